The molecule has 16 heavy (non-hydrogen) atoms. The number of benzene rings is 1. The van der Waals surface area contributed by atoms with Gasteiger partial charge in [0.1, 0.15) is 0 Å². The molecule has 1 rings (SSSR count). The van der Waals surface area contributed by atoms with Crippen LogP contribution < -0.4 is 0 Å². The van der Waals surface area contributed by atoms with Crippen molar-refractivity contribution in [2.24, 2.45) is 0 Å². The predicted octanol–water partition coefficient (Wildman–Crippen LogP) is 3.53. The third-order valence-electron chi connectivity index (χ3n) is 2.78. The Morgan fingerprint density at radius 3 is 2.44 bits per heavy atom. The number of rotatable bonds is 4. The van der Waals surface area contributed by atoms with Crippen LogP contribution in [0.25, 0.3) is 0 Å². The molecule has 2 nitrogen and oxygen atoms in total. The molecule has 0 unspecified atom stereocenters. The van der Waals surface area contributed by atoms with Crippen LogP contribution in [0, 0.1) is 20.8 Å². The van der Waals surface area contributed by atoms with Crippen molar-refractivity contribution in [3.8, 4) is 0 Å². The molecule has 0 bridgehead atoms. The summed E-state index contributed by atoms with van der Waals surface area (Å²) in [5.41, 5.74) is 4.68. The smallest absolute Gasteiger partial charge is 0.252 e. The molecular formula is C13H17ClO2. The van der Waals surface area contributed by atoms with Gasteiger partial charge in [0.2, 0.25) is 0 Å². The Kier molecular flexibility index (Phi) is 4.51. The van der Waals surface area contributed by atoms with E-state index in [4.69, 9.17) is 16.3 Å². The summed E-state index contributed by atoms with van der Waals surface area (Å²) in [6.07, 6.45) is 0. The second-order valence-electron chi connectivity index (χ2n) is 3.90. The van der Waals surface area contributed by atoms with Crippen LogP contribution in [-0.2, 0) is 11.3 Å². The highest BCUT2D eigenvalue weighted by Gasteiger charge is 2.15. The molecule has 0 aliphatic rings. The molecule has 0 aliphatic heterocycles. The fourth-order valence-corrected chi connectivity index (χ4v) is 2.25. The zero-order chi connectivity index (χ0) is 12.3. The third kappa shape index (κ3) is 2.63. The summed E-state index contributed by atoms with van der Waals surface area (Å²) in [6.45, 7) is 9.00. The van der Waals surface area contributed by atoms with Crippen LogP contribution in [0.4, 0.5) is 0 Å². The van der Waals surface area contributed by atoms with E-state index in [0.717, 1.165) is 22.3 Å². The second-order valence-corrected chi connectivity index (χ2v) is 4.24. The Bertz CT molecular complexity index is 411. The lowest BCUT2D eigenvalue weighted by Crippen LogP contribution is -2.06. The molecule has 0 saturated carbocycles. The average Bonchev–Trinajstić information content (AvgIpc) is 2.16. The molecule has 3 heteroatoms. The van der Waals surface area contributed by atoms with E-state index in [0.29, 0.717) is 18.8 Å². The maximum Gasteiger partial charge on any atom is 0.252 e. The van der Waals surface area contributed by atoms with Gasteiger partial charge in [-0.25, -0.2) is 0 Å². The molecule has 88 valence electrons. The first kappa shape index (κ1) is 13.2. The van der Waals surface area contributed by atoms with Crippen LogP contribution in [0.5, 0.6) is 0 Å². The normalized spacial score (nSPS) is 10.6. The van der Waals surface area contributed by atoms with Crippen LogP contribution >= 0.6 is 11.6 Å². The molecule has 0 atom stereocenters. The third-order valence-corrected chi connectivity index (χ3v) is 2.97. The van der Waals surface area contributed by atoms with Gasteiger partial charge in [0.25, 0.3) is 5.24 Å². The topological polar surface area (TPSA) is 26.3 Å². The van der Waals surface area contributed by atoms with Gasteiger partial charge >= 0.3 is 0 Å². The van der Waals surface area contributed by atoms with E-state index in [1.807, 2.05) is 33.8 Å². The molecule has 0 spiro atoms. The van der Waals surface area contributed by atoms with Crippen molar-refractivity contribution in [3.05, 3.63) is 33.9 Å². The van der Waals surface area contributed by atoms with Gasteiger partial charge in [0.05, 0.1) is 6.61 Å². The molecule has 0 radical (unpaired) electrons. The molecule has 1 aromatic rings. The van der Waals surface area contributed by atoms with Crippen molar-refractivity contribution >= 4 is 16.8 Å². The summed E-state index contributed by atoms with van der Waals surface area (Å²) in [5, 5.41) is -0.396. The lowest BCUT2D eigenvalue weighted by atomic mass is 9.94. The molecule has 0 aliphatic carbocycles. The fourth-order valence-electron chi connectivity index (χ4n) is 1.96. The van der Waals surface area contributed by atoms with Crippen LogP contribution in [0.1, 0.15) is 39.5 Å². The summed E-state index contributed by atoms with van der Waals surface area (Å²) in [4.78, 5) is 11.3. The summed E-state index contributed by atoms with van der Waals surface area (Å²) < 4.78 is 5.40. The molecular weight excluding hydrogens is 224 g/mol. The van der Waals surface area contributed by atoms with Crippen molar-refractivity contribution in [1.29, 1.82) is 0 Å². The summed E-state index contributed by atoms with van der Waals surface area (Å²) in [5.74, 6) is 0. The molecule has 1 aromatic carbocycles. The van der Waals surface area contributed by atoms with Crippen LogP contribution in [-0.4, -0.2) is 11.8 Å². The first-order valence-electron chi connectivity index (χ1n) is 5.36. The number of carbonyl (C=O) groups is 1. The summed E-state index contributed by atoms with van der Waals surface area (Å²) >= 11 is 5.59. The SMILES string of the molecule is CCOCc1c(C)cc(C)c(C(=O)Cl)c1C. The lowest BCUT2D eigenvalue weighted by Gasteiger charge is -2.14. The second kappa shape index (κ2) is 5.46. The minimum atomic E-state index is -0.396. The Balaban J connectivity index is 3.27. The van der Waals surface area contributed by atoms with Gasteiger partial charge in [-0.3, -0.25) is 4.79 Å². The Labute approximate surface area is 102 Å². The van der Waals surface area contributed by atoms with E-state index < -0.39 is 5.24 Å². The molecule has 0 saturated heterocycles. The first-order valence-corrected chi connectivity index (χ1v) is 5.74. The summed E-state index contributed by atoms with van der Waals surface area (Å²) in [6, 6.07) is 1.98. The van der Waals surface area contributed by atoms with Crippen molar-refractivity contribution in [1.82, 2.24) is 0 Å². The monoisotopic (exact) mass is 240 g/mol. The first-order chi connectivity index (χ1) is 7.49. The fraction of sp³-hybridized carbons (Fsp3) is 0.462. The molecule has 0 N–H and O–H groups in total. The zero-order valence-electron chi connectivity index (χ0n) is 10.2. The van der Waals surface area contributed by atoms with Gasteiger partial charge in [-0.2, -0.15) is 0 Å². The van der Waals surface area contributed by atoms with Gasteiger partial charge in [-0.15, -0.1) is 0 Å². The van der Waals surface area contributed by atoms with Crippen LogP contribution in [0.15, 0.2) is 6.07 Å². The van der Waals surface area contributed by atoms with Gasteiger partial charge in [-0.05, 0) is 61.5 Å². The number of hydrogen-bond donors (Lipinski definition) is 0. The van der Waals surface area contributed by atoms with Gasteiger partial charge in [-0.1, -0.05) is 6.07 Å². The quantitative estimate of drug-likeness (QED) is 0.753. The molecule has 0 fully saturated rings. The number of aryl methyl sites for hydroxylation is 2. The number of halogens is 1. The van der Waals surface area contributed by atoms with Crippen molar-refractivity contribution in [3.63, 3.8) is 0 Å². The maximum absolute atomic E-state index is 11.3. The van der Waals surface area contributed by atoms with Crippen LogP contribution in [0.2, 0.25) is 0 Å². The average molecular weight is 241 g/mol. The number of ether oxygens (including phenoxy) is 1. The van der Waals surface area contributed by atoms with E-state index in [-0.39, 0.29) is 0 Å². The van der Waals surface area contributed by atoms with Gasteiger partial charge in [0, 0.05) is 12.2 Å². The van der Waals surface area contributed by atoms with Crippen molar-refractivity contribution < 1.29 is 9.53 Å². The van der Waals surface area contributed by atoms with E-state index in [2.05, 4.69) is 0 Å². The molecule has 0 aromatic heterocycles. The minimum Gasteiger partial charge on any atom is -0.377 e. The van der Waals surface area contributed by atoms with Crippen molar-refractivity contribution in [2.45, 2.75) is 34.3 Å². The van der Waals surface area contributed by atoms with Gasteiger partial charge in [0.15, 0.2) is 0 Å². The predicted molar refractivity (Wildman–Crippen MR) is 66.2 cm³/mol. The summed E-state index contributed by atoms with van der Waals surface area (Å²) in [7, 11) is 0. The Morgan fingerprint density at radius 2 is 1.94 bits per heavy atom. The van der Waals surface area contributed by atoms with E-state index in [9.17, 15) is 4.79 Å². The highest BCUT2D eigenvalue weighted by Crippen LogP contribution is 2.24. The standard InChI is InChI=1S/C13H17ClO2/c1-5-16-7-11-8(2)6-9(3)12(10(11)4)13(14)15/h6H,5,7H2,1-4H3. The van der Waals surface area contributed by atoms with Crippen molar-refractivity contribution in [2.75, 3.05) is 6.61 Å². The highest BCUT2D eigenvalue weighted by molar-refractivity contribution is 6.68. The Morgan fingerprint density at radius 1 is 1.31 bits per heavy atom. The van der Waals surface area contributed by atoms with E-state index in [1.165, 1.54) is 0 Å². The maximum atomic E-state index is 11.3. The zero-order valence-corrected chi connectivity index (χ0v) is 10.9. The largest absolute Gasteiger partial charge is 0.377 e. The number of hydrogen-bond acceptors (Lipinski definition) is 2. The Hall–Kier alpha value is -0.860. The minimum absolute atomic E-state index is 0.396. The molecule has 0 heterocycles. The lowest BCUT2D eigenvalue weighted by molar-refractivity contribution is 0.107. The van der Waals surface area contributed by atoms with E-state index in [1.54, 1.807) is 0 Å². The highest BCUT2D eigenvalue weighted by atomic mass is 35.5. The number of carbonyl (C=O) groups excluding carboxylic acids is 1. The molecule has 0 amide bonds. The van der Waals surface area contributed by atoms with Gasteiger partial charge < -0.3 is 4.74 Å². The van der Waals surface area contributed by atoms with E-state index >= 15 is 0 Å². The van der Waals surface area contributed by atoms with Crippen LogP contribution in [0.3, 0.4) is 0 Å².